The van der Waals surface area contributed by atoms with E-state index in [-0.39, 0.29) is 5.82 Å². The number of para-hydroxylation sites is 1. The van der Waals surface area contributed by atoms with Gasteiger partial charge in [0.05, 0.1) is 18.6 Å². The smallest absolute Gasteiger partial charge is 0.165 e. The summed E-state index contributed by atoms with van der Waals surface area (Å²) in [6.45, 7) is 0.549. The summed E-state index contributed by atoms with van der Waals surface area (Å²) in [5, 5.41) is 0. The second-order valence-electron chi connectivity index (χ2n) is 4.68. The first-order valence-electron chi connectivity index (χ1n) is 6.21. The second-order valence-corrected chi connectivity index (χ2v) is 4.68. The summed E-state index contributed by atoms with van der Waals surface area (Å²) in [7, 11) is 0. The van der Waals surface area contributed by atoms with Crippen molar-refractivity contribution in [1.29, 1.82) is 0 Å². The van der Waals surface area contributed by atoms with Crippen molar-refractivity contribution in [3.63, 3.8) is 0 Å². The molecule has 0 fully saturated rings. The Morgan fingerprint density at radius 1 is 1.39 bits per heavy atom. The summed E-state index contributed by atoms with van der Waals surface area (Å²) in [5.74, 6) is 0.458. The Morgan fingerprint density at radius 2 is 2.28 bits per heavy atom. The van der Waals surface area contributed by atoms with E-state index < -0.39 is 0 Å². The summed E-state index contributed by atoms with van der Waals surface area (Å²) in [6.07, 6.45) is 4.71. The van der Waals surface area contributed by atoms with Gasteiger partial charge in [-0.3, -0.25) is 0 Å². The van der Waals surface area contributed by atoms with Gasteiger partial charge >= 0.3 is 0 Å². The van der Waals surface area contributed by atoms with Crippen LogP contribution < -0.4 is 4.74 Å². The molecular formula is C14H15FN2O. The number of ether oxygens (including phenoxy) is 1. The first kappa shape index (κ1) is 11.3. The molecule has 3 nitrogen and oxygen atoms in total. The molecule has 1 unspecified atom stereocenters. The average molecular weight is 246 g/mol. The van der Waals surface area contributed by atoms with Crippen molar-refractivity contribution < 1.29 is 9.13 Å². The number of aromatic amines is 1. The van der Waals surface area contributed by atoms with E-state index in [1.165, 1.54) is 11.8 Å². The molecule has 1 N–H and O–H groups in total. The first-order valence-corrected chi connectivity index (χ1v) is 6.21. The van der Waals surface area contributed by atoms with Crippen molar-refractivity contribution in [3.05, 3.63) is 47.8 Å². The molecule has 1 aromatic carbocycles. The maximum atomic E-state index is 13.4. The highest BCUT2D eigenvalue weighted by Crippen LogP contribution is 2.24. The zero-order valence-corrected chi connectivity index (χ0v) is 10.0. The molecular weight excluding hydrogens is 231 g/mol. The third-order valence-electron chi connectivity index (χ3n) is 3.40. The SMILES string of the molecule is Fc1ccccc1OCC1CCc2[nH]cnc2C1. The number of fused-ring (bicyclic) bond motifs is 1. The van der Waals surface area contributed by atoms with Crippen molar-refractivity contribution >= 4 is 0 Å². The fraction of sp³-hybridized carbons (Fsp3) is 0.357. The summed E-state index contributed by atoms with van der Waals surface area (Å²) < 4.78 is 18.9. The molecule has 0 spiro atoms. The van der Waals surface area contributed by atoms with Gasteiger partial charge in [-0.25, -0.2) is 9.37 Å². The molecule has 0 bridgehead atoms. The van der Waals surface area contributed by atoms with Crippen LogP contribution in [0.2, 0.25) is 0 Å². The van der Waals surface area contributed by atoms with E-state index >= 15 is 0 Å². The number of H-pyrrole nitrogens is 1. The molecule has 0 amide bonds. The van der Waals surface area contributed by atoms with Crippen molar-refractivity contribution in [2.24, 2.45) is 5.92 Å². The molecule has 1 aliphatic rings. The van der Waals surface area contributed by atoms with Crippen molar-refractivity contribution in [3.8, 4) is 5.75 Å². The number of aromatic nitrogens is 2. The van der Waals surface area contributed by atoms with Crippen LogP contribution in [-0.2, 0) is 12.8 Å². The van der Waals surface area contributed by atoms with Gasteiger partial charge in [-0.1, -0.05) is 12.1 Å². The maximum Gasteiger partial charge on any atom is 0.165 e. The van der Waals surface area contributed by atoms with Crippen LogP contribution in [0.25, 0.3) is 0 Å². The molecule has 0 aliphatic heterocycles. The number of nitrogens with one attached hydrogen (secondary N) is 1. The number of halogens is 1. The molecule has 1 aliphatic carbocycles. The molecule has 94 valence electrons. The number of aryl methyl sites for hydroxylation is 1. The lowest BCUT2D eigenvalue weighted by Crippen LogP contribution is -2.21. The van der Waals surface area contributed by atoms with Crippen LogP contribution in [0.15, 0.2) is 30.6 Å². The predicted octanol–water partition coefficient (Wildman–Crippen LogP) is 2.73. The number of hydrogen-bond acceptors (Lipinski definition) is 2. The van der Waals surface area contributed by atoms with E-state index in [1.807, 2.05) is 0 Å². The monoisotopic (exact) mass is 246 g/mol. The van der Waals surface area contributed by atoms with Gasteiger partial charge in [-0.05, 0) is 37.3 Å². The molecule has 4 heteroatoms. The molecule has 1 aromatic heterocycles. The highest BCUT2D eigenvalue weighted by molar-refractivity contribution is 5.23. The first-order chi connectivity index (χ1) is 8.83. The Morgan fingerprint density at radius 3 is 3.17 bits per heavy atom. The van der Waals surface area contributed by atoms with Gasteiger partial charge in [0.25, 0.3) is 0 Å². The summed E-state index contributed by atoms with van der Waals surface area (Å²) in [4.78, 5) is 7.44. The molecule has 3 rings (SSSR count). The molecule has 0 saturated carbocycles. The normalized spacial score (nSPS) is 18.4. The quantitative estimate of drug-likeness (QED) is 0.904. The molecule has 18 heavy (non-hydrogen) atoms. The van der Waals surface area contributed by atoms with Gasteiger partial charge in [-0.2, -0.15) is 0 Å². The summed E-state index contributed by atoms with van der Waals surface area (Å²) in [5.41, 5.74) is 2.36. The van der Waals surface area contributed by atoms with Crippen LogP contribution in [0, 0.1) is 11.7 Å². The number of hydrogen-bond donors (Lipinski definition) is 1. The van der Waals surface area contributed by atoms with E-state index in [1.54, 1.807) is 24.5 Å². The fourth-order valence-electron chi connectivity index (χ4n) is 2.38. The average Bonchev–Trinajstić information content (AvgIpc) is 2.85. The van der Waals surface area contributed by atoms with Gasteiger partial charge in [0.1, 0.15) is 0 Å². The minimum atomic E-state index is -0.297. The van der Waals surface area contributed by atoms with Crippen LogP contribution in [0.1, 0.15) is 17.8 Å². The van der Waals surface area contributed by atoms with E-state index in [0.29, 0.717) is 18.3 Å². The topological polar surface area (TPSA) is 37.9 Å². The summed E-state index contributed by atoms with van der Waals surface area (Å²) >= 11 is 0. The van der Waals surface area contributed by atoms with Gasteiger partial charge in [-0.15, -0.1) is 0 Å². The summed E-state index contributed by atoms with van der Waals surface area (Å²) in [6, 6.07) is 6.53. The predicted molar refractivity (Wildman–Crippen MR) is 66.0 cm³/mol. The lowest BCUT2D eigenvalue weighted by atomic mass is 9.90. The van der Waals surface area contributed by atoms with Crippen molar-refractivity contribution in [1.82, 2.24) is 9.97 Å². The Balaban J connectivity index is 1.61. The number of rotatable bonds is 3. The largest absolute Gasteiger partial charge is 0.490 e. The lowest BCUT2D eigenvalue weighted by Gasteiger charge is -2.21. The van der Waals surface area contributed by atoms with E-state index in [4.69, 9.17) is 4.74 Å². The zero-order valence-electron chi connectivity index (χ0n) is 10.0. The molecule has 1 heterocycles. The van der Waals surface area contributed by atoms with E-state index in [0.717, 1.165) is 25.0 Å². The van der Waals surface area contributed by atoms with E-state index in [9.17, 15) is 4.39 Å². The van der Waals surface area contributed by atoms with Crippen LogP contribution >= 0.6 is 0 Å². The number of nitrogens with zero attached hydrogens (tertiary/aromatic N) is 1. The molecule has 1 atom stereocenters. The number of imidazole rings is 1. The second kappa shape index (κ2) is 4.80. The van der Waals surface area contributed by atoms with Gasteiger partial charge in [0, 0.05) is 5.69 Å². The van der Waals surface area contributed by atoms with Crippen molar-refractivity contribution in [2.45, 2.75) is 19.3 Å². The molecule has 2 aromatic rings. The Labute approximate surface area is 105 Å². The fourth-order valence-corrected chi connectivity index (χ4v) is 2.38. The van der Waals surface area contributed by atoms with Gasteiger partial charge < -0.3 is 9.72 Å². The minimum absolute atomic E-state index is 0.297. The van der Waals surface area contributed by atoms with Crippen LogP contribution in [0.4, 0.5) is 4.39 Å². The maximum absolute atomic E-state index is 13.4. The highest BCUT2D eigenvalue weighted by Gasteiger charge is 2.21. The molecule has 0 saturated heterocycles. The lowest BCUT2D eigenvalue weighted by molar-refractivity contribution is 0.224. The third-order valence-corrected chi connectivity index (χ3v) is 3.40. The van der Waals surface area contributed by atoms with Crippen LogP contribution in [0.5, 0.6) is 5.75 Å². The Bertz CT molecular complexity index is 538. The van der Waals surface area contributed by atoms with Crippen LogP contribution in [-0.4, -0.2) is 16.6 Å². The Hall–Kier alpha value is -1.84. The van der Waals surface area contributed by atoms with Crippen LogP contribution in [0.3, 0.4) is 0 Å². The van der Waals surface area contributed by atoms with Crippen molar-refractivity contribution in [2.75, 3.05) is 6.61 Å². The highest BCUT2D eigenvalue weighted by atomic mass is 19.1. The minimum Gasteiger partial charge on any atom is -0.490 e. The van der Waals surface area contributed by atoms with Gasteiger partial charge in [0.2, 0.25) is 0 Å². The van der Waals surface area contributed by atoms with E-state index in [2.05, 4.69) is 9.97 Å². The third kappa shape index (κ3) is 2.23. The Kier molecular flexibility index (Phi) is 3.00. The number of benzene rings is 1. The zero-order chi connectivity index (χ0) is 12.4. The van der Waals surface area contributed by atoms with Gasteiger partial charge in [0.15, 0.2) is 11.6 Å². The standard InChI is InChI=1S/C14H15FN2O/c15-11-3-1-2-4-14(11)18-8-10-5-6-12-13(7-10)17-9-16-12/h1-4,9-10H,5-8H2,(H,16,17). The molecule has 0 radical (unpaired) electrons.